The molecule has 0 bridgehead atoms. The molecule has 0 aromatic rings. The van der Waals surface area contributed by atoms with Gasteiger partial charge in [-0.25, -0.2) is 0 Å². The Morgan fingerprint density at radius 3 is 2.10 bits per heavy atom. The molecule has 0 aromatic carbocycles. The molecule has 5 heteroatoms. The first-order valence-electron chi connectivity index (χ1n) is 7.76. The van der Waals surface area contributed by atoms with Crippen molar-refractivity contribution >= 4 is 14.1 Å². The largest absolute Gasteiger partial charge is 0.410 e. The zero-order valence-electron chi connectivity index (χ0n) is 15.2. The Kier molecular flexibility index (Phi) is 8.32. The summed E-state index contributed by atoms with van der Waals surface area (Å²) < 4.78 is 16.7. The van der Waals surface area contributed by atoms with Gasteiger partial charge in [0.1, 0.15) is 0 Å². The van der Waals surface area contributed by atoms with Crippen LogP contribution in [0.25, 0.3) is 0 Å². The van der Waals surface area contributed by atoms with Crippen molar-refractivity contribution in [2.24, 2.45) is 0 Å². The van der Waals surface area contributed by atoms with Crippen LogP contribution < -0.4 is 0 Å². The van der Waals surface area contributed by atoms with Gasteiger partial charge in [-0.1, -0.05) is 20.8 Å². The Labute approximate surface area is 131 Å². The average Bonchev–Trinajstić information content (AvgIpc) is 2.34. The highest BCUT2D eigenvalue weighted by Crippen LogP contribution is 2.36. The Morgan fingerprint density at radius 2 is 1.62 bits per heavy atom. The molecular weight excluding hydrogens is 284 g/mol. The van der Waals surface area contributed by atoms with Crippen molar-refractivity contribution < 1.29 is 18.7 Å². The number of rotatable bonds is 10. The fraction of sp³-hybridized carbons (Fsp3) is 0.938. The summed E-state index contributed by atoms with van der Waals surface area (Å²) in [4.78, 5) is 11.9. The summed E-state index contributed by atoms with van der Waals surface area (Å²) in [5.41, 5.74) is 0. The van der Waals surface area contributed by atoms with E-state index in [9.17, 15) is 4.79 Å². The van der Waals surface area contributed by atoms with Gasteiger partial charge in [-0.3, -0.25) is 4.79 Å². The SMILES string of the molecule is COC(C)(C)OCCCCC(=O)CO[Si](C)(C)C(C)(C)C. The number of Topliss-reactive ketones (excluding diaryl/α,β-unsaturated/α-hetero) is 1. The molecule has 0 rings (SSSR count). The van der Waals surface area contributed by atoms with E-state index >= 15 is 0 Å². The quantitative estimate of drug-likeness (QED) is 0.345. The topological polar surface area (TPSA) is 44.8 Å². The number of carbonyl (C=O) groups excluding carboxylic acids is 1. The Bertz CT molecular complexity index is 319. The standard InChI is InChI=1S/C16H34O4Si/c1-15(2,3)21(7,8)20-13-14(17)11-9-10-12-19-16(4,5)18-6/h9-13H2,1-8H3. The summed E-state index contributed by atoms with van der Waals surface area (Å²) in [6.07, 6.45) is 2.25. The van der Waals surface area contributed by atoms with E-state index in [0.717, 1.165) is 12.8 Å². The third-order valence-electron chi connectivity index (χ3n) is 4.19. The number of unbranched alkanes of at least 4 members (excludes halogenated alkanes) is 1. The summed E-state index contributed by atoms with van der Waals surface area (Å²) in [5.74, 6) is -0.360. The second kappa shape index (κ2) is 8.41. The minimum atomic E-state index is -1.81. The molecule has 0 saturated heterocycles. The van der Waals surface area contributed by atoms with Crippen LogP contribution in [0.1, 0.15) is 53.9 Å². The third kappa shape index (κ3) is 8.71. The first kappa shape index (κ1) is 20.8. The van der Waals surface area contributed by atoms with Crippen molar-refractivity contribution in [1.29, 1.82) is 0 Å². The van der Waals surface area contributed by atoms with E-state index in [0.29, 0.717) is 13.0 Å². The van der Waals surface area contributed by atoms with Crippen LogP contribution in [0, 0.1) is 0 Å². The van der Waals surface area contributed by atoms with Crippen LogP contribution in [-0.4, -0.2) is 40.2 Å². The Hall–Kier alpha value is -0.233. The van der Waals surface area contributed by atoms with Gasteiger partial charge in [0.05, 0.1) is 13.2 Å². The highest BCUT2D eigenvalue weighted by molar-refractivity contribution is 6.74. The number of ether oxygens (including phenoxy) is 2. The lowest BCUT2D eigenvalue weighted by molar-refractivity contribution is -0.197. The van der Waals surface area contributed by atoms with Crippen molar-refractivity contribution in [2.75, 3.05) is 20.3 Å². The van der Waals surface area contributed by atoms with Gasteiger partial charge in [-0.15, -0.1) is 0 Å². The minimum absolute atomic E-state index is 0.146. The number of methoxy groups -OCH3 is 1. The van der Waals surface area contributed by atoms with E-state index in [4.69, 9.17) is 13.9 Å². The highest BCUT2D eigenvalue weighted by Gasteiger charge is 2.37. The summed E-state index contributed by atoms with van der Waals surface area (Å²) in [5, 5.41) is 0.146. The predicted octanol–water partition coefficient (Wildman–Crippen LogP) is 4.15. The molecule has 0 spiro atoms. The molecule has 0 unspecified atom stereocenters. The molecule has 126 valence electrons. The molecule has 0 fully saturated rings. The number of ketones is 1. The summed E-state index contributed by atoms with van der Waals surface area (Å²) >= 11 is 0. The van der Waals surface area contributed by atoms with Gasteiger partial charge >= 0.3 is 0 Å². The van der Waals surface area contributed by atoms with E-state index in [2.05, 4.69) is 33.9 Å². The third-order valence-corrected chi connectivity index (χ3v) is 8.67. The molecule has 4 nitrogen and oxygen atoms in total. The van der Waals surface area contributed by atoms with E-state index in [-0.39, 0.29) is 17.4 Å². The van der Waals surface area contributed by atoms with Gasteiger partial charge < -0.3 is 13.9 Å². The Balaban J connectivity index is 3.83. The molecule has 0 N–H and O–H groups in total. The summed E-state index contributed by atoms with van der Waals surface area (Å²) in [6, 6.07) is 0. The van der Waals surface area contributed by atoms with Crippen LogP contribution >= 0.6 is 0 Å². The van der Waals surface area contributed by atoms with Gasteiger partial charge in [-0.2, -0.15) is 0 Å². The molecule has 0 amide bonds. The summed E-state index contributed by atoms with van der Waals surface area (Å²) in [7, 11) is -0.187. The van der Waals surface area contributed by atoms with Crippen molar-refractivity contribution in [2.45, 2.75) is 77.8 Å². The molecule has 0 aliphatic carbocycles. The molecular formula is C16H34O4Si. The second-order valence-corrected chi connectivity index (χ2v) is 12.3. The van der Waals surface area contributed by atoms with Crippen LogP contribution in [0.3, 0.4) is 0 Å². The van der Waals surface area contributed by atoms with E-state index in [1.165, 1.54) is 0 Å². The molecule has 0 radical (unpaired) electrons. The molecule has 0 atom stereocenters. The van der Waals surface area contributed by atoms with Crippen LogP contribution in [0.4, 0.5) is 0 Å². The van der Waals surface area contributed by atoms with Crippen LogP contribution in [0.15, 0.2) is 0 Å². The monoisotopic (exact) mass is 318 g/mol. The van der Waals surface area contributed by atoms with Gasteiger partial charge in [0.15, 0.2) is 19.9 Å². The molecule has 0 heterocycles. The predicted molar refractivity (Wildman–Crippen MR) is 89.0 cm³/mol. The smallest absolute Gasteiger partial charge is 0.192 e. The second-order valence-electron chi connectivity index (χ2n) is 7.50. The van der Waals surface area contributed by atoms with Gasteiger partial charge in [0.2, 0.25) is 0 Å². The van der Waals surface area contributed by atoms with E-state index in [1.54, 1.807) is 7.11 Å². The van der Waals surface area contributed by atoms with E-state index in [1.807, 2.05) is 13.8 Å². The number of hydrogen-bond acceptors (Lipinski definition) is 4. The lowest BCUT2D eigenvalue weighted by atomic mass is 10.2. The maximum absolute atomic E-state index is 11.9. The molecule has 0 saturated carbocycles. The van der Waals surface area contributed by atoms with Crippen molar-refractivity contribution in [3.05, 3.63) is 0 Å². The van der Waals surface area contributed by atoms with Gasteiger partial charge in [0, 0.05) is 13.5 Å². The van der Waals surface area contributed by atoms with Gasteiger partial charge in [0.25, 0.3) is 0 Å². The molecule has 0 aliphatic heterocycles. The first-order chi connectivity index (χ1) is 9.41. The van der Waals surface area contributed by atoms with E-state index < -0.39 is 14.1 Å². The molecule has 0 aliphatic rings. The lowest BCUT2D eigenvalue weighted by Gasteiger charge is -2.35. The zero-order chi connectivity index (χ0) is 16.7. The zero-order valence-corrected chi connectivity index (χ0v) is 16.2. The minimum Gasteiger partial charge on any atom is -0.410 e. The number of carbonyl (C=O) groups is 1. The fourth-order valence-corrected chi connectivity index (χ4v) is 2.31. The average molecular weight is 319 g/mol. The normalized spacial score (nSPS) is 13.5. The lowest BCUT2D eigenvalue weighted by Crippen LogP contribution is -2.42. The van der Waals surface area contributed by atoms with Crippen molar-refractivity contribution in [3.63, 3.8) is 0 Å². The van der Waals surface area contributed by atoms with Crippen LogP contribution in [0.5, 0.6) is 0 Å². The summed E-state index contributed by atoms with van der Waals surface area (Å²) in [6.45, 7) is 15.5. The first-order valence-corrected chi connectivity index (χ1v) is 10.7. The number of hydrogen-bond donors (Lipinski definition) is 0. The Morgan fingerprint density at radius 1 is 1.05 bits per heavy atom. The fourth-order valence-electron chi connectivity index (χ4n) is 1.35. The highest BCUT2D eigenvalue weighted by atomic mass is 28.4. The maximum Gasteiger partial charge on any atom is 0.192 e. The molecule has 21 heavy (non-hydrogen) atoms. The van der Waals surface area contributed by atoms with Crippen molar-refractivity contribution in [1.82, 2.24) is 0 Å². The maximum atomic E-state index is 11.9. The van der Waals surface area contributed by atoms with Crippen LogP contribution in [0.2, 0.25) is 18.1 Å². The van der Waals surface area contributed by atoms with Gasteiger partial charge in [-0.05, 0) is 44.8 Å². The molecule has 0 aromatic heterocycles. The van der Waals surface area contributed by atoms with Crippen molar-refractivity contribution in [3.8, 4) is 0 Å². The van der Waals surface area contributed by atoms with Crippen LogP contribution in [-0.2, 0) is 18.7 Å².